The smallest absolute Gasteiger partial charge is 0.426 e. The summed E-state index contributed by atoms with van der Waals surface area (Å²) in [6.45, 7) is 4.50. The fourth-order valence-corrected chi connectivity index (χ4v) is 2.37. The monoisotopic (exact) mass is 324 g/mol. The van der Waals surface area contributed by atoms with E-state index in [4.69, 9.17) is 14.0 Å². The van der Waals surface area contributed by atoms with Gasteiger partial charge in [0.25, 0.3) is 0 Å². The van der Waals surface area contributed by atoms with Gasteiger partial charge in [-0.2, -0.15) is 0 Å². The molecule has 0 bridgehead atoms. The molecule has 0 aliphatic heterocycles. The summed E-state index contributed by atoms with van der Waals surface area (Å²) < 4.78 is 15.5. The summed E-state index contributed by atoms with van der Waals surface area (Å²) >= 11 is 0. The molecule has 1 aromatic heterocycles. The van der Waals surface area contributed by atoms with E-state index in [0.29, 0.717) is 0 Å². The van der Waals surface area contributed by atoms with Crippen LogP contribution in [0.2, 0.25) is 0 Å². The minimum Gasteiger partial charge on any atom is -0.449 e. The number of anilines is 1. The largest absolute Gasteiger partial charge is 0.449 e. The highest BCUT2D eigenvalue weighted by atomic mass is 16.6. The van der Waals surface area contributed by atoms with Crippen LogP contribution in [0.4, 0.5) is 15.5 Å². The molecule has 7 nitrogen and oxygen atoms in total. The Morgan fingerprint density at radius 1 is 1.09 bits per heavy atom. The molecule has 0 saturated heterocycles. The van der Waals surface area contributed by atoms with Crippen LogP contribution in [-0.2, 0) is 22.3 Å². The lowest BCUT2D eigenvalue weighted by atomic mass is 10.2. The molecule has 1 heterocycles. The second kappa shape index (κ2) is 8.55. The molecule has 23 heavy (non-hydrogen) atoms. The number of imide groups is 1. The van der Waals surface area contributed by atoms with Crippen LogP contribution in [0.3, 0.4) is 0 Å². The zero-order valence-electron chi connectivity index (χ0n) is 13.8. The Labute approximate surface area is 135 Å². The molecule has 0 atom stereocenters. The number of fused-ring (bicyclic) bond motifs is 1. The Balaban J connectivity index is 2.13. The van der Waals surface area contributed by atoms with Gasteiger partial charge in [-0.3, -0.25) is 0 Å². The van der Waals surface area contributed by atoms with Crippen molar-refractivity contribution >= 4 is 18.1 Å². The van der Waals surface area contributed by atoms with Gasteiger partial charge in [0.2, 0.25) is 5.88 Å². The number of carbonyl (C=O) groups excluding carboxylic acids is 2. The van der Waals surface area contributed by atoms with E-state index < -0.39 is 12.2 Å². The molecule has 2 rings (SSSR count). The first-order valence-electron chi connectivity index (χ1n) is 8.30. The normalized spacial score (nSPS) is 12.8. The Morgan fingerprint density at radius 2 is 1.70 bits per heavy atom. The van der Waals surface area contributed by atoms with Gasteiger partial charge in [-0.25, -0.2) is 9.59 Å². The molecule has 2 amide bonds. The van der Waals surface area contributed by atoms with Gasteiger partial charge in [0.1, 0.15) is 0 Å². The molecule has 0 unspecified atom stereocenters. The van der Waals surface area contributed by atoms with E-state index in [1.807, 2.05) is 13.8 Å². The summed E-state index contributed by atoms with van der Waals surface area (Å²) in [4.78, 5) is 25.4. The second-order valence-corrected chi connectivity index (χ2v) is 5.54. The summed E-state index contributed by atoms with van der Waals surface area (Å²) in [6.07, 6.45) is 4.18. The van der Waals surface area contributed by atoms with Gasteiger partial charge in [0.05, 0.1) is 18.9 Å². The van der Waals surface area contributed by atoms with Crippen molar-refractivity contribution in [1.82, 2.24) is 5.16 Å². The van der Waals surface area contributed by atoms with Crippen molar-refractivity contribution in [2.24, 2.45) is 0 Å². The van der Waals surface area contributed by atoms with Crippen molar-refractivity contribution in [1.29, 1.82) is 0 Å². The minimum absolute atomic E-state index is 0.139. The van der Waals surface area contributed by atoms with Crippen molar-refractivity contribution in [3.05, 3.63) is 11.3 Å². The third kappa shape index (κ3) is 4.24. The van der Waals surface area contributed by atoms with E-state index in [2.05, 4.69) is 5.16 Å². The second-order valence-electron chi connectivity index (χ2n) is 5.54. The minimum atomic E-state index is -0.772. The lowest BCUT2D eigenvalue weighted by Gasteiger charge is -2.18. The Morgan fingerprint density at radius 3 is 2.26 bits per heavy atom. The van der Waals surface area contributed by atoms with E-state index in [-0.39, 0.29) is 19.1 Å². The number of hydrogen-bond donors (Lipinski definition) is 0. The fourth-order valence-electron chi connectivity index (χ4n) is 2.37. The van der Waals surface area contributed by atoms with Crippen LogP contribution in [0.1, 0.15) is 57.2 Å². The van der Waals surface area contributed by atoms with Crippen LogP contribution in [0.5, 0.6) is 0 Å². The molecule has 1 aromatic rings. The number of unbranched alkanes of at least 4 members (excludes halogenated alkanes) is 2. The van der Waals surface area contributed by atoms with Gasteiger partial charge >= 0.3 is 12.2 Å². The molecule has 1 aliphatic rings. The molecule has 7 heteroatoms. The molecular formula is C16H24N2O5. The highest BCUT2D eigenvalue weighted by Gasteiger charge is 2.35. The third-order valence-electron chi connectivity index (χ3n) is 3.70. The zero-order chi connectivity index (χ0) is 16.7. The number of nitrogens with zero attached hydrogens (tertiary/aromatic N) is 2. The van der Waals surface area contributed by atoms with Crippen LogP contribution in [0.15, 0.2) is 4.52 Å². The van der Waals surface area contributed by atoms with Gasteiger partial charge in [-0.1, -0.05) is 31.8 Å². The quantitative estimate of drug-likeness (QED) is 0.709. The lowest BCUT2D eigenvalue weighted by molar-refractivity contribution is 0.130. The van der Waals surface area contributed by atoms with Crippen molar-refractivity contribution < 1.29 is 23.6 Å². The summed E-state index contributed by atoms with van der Waals surface area (Å²) in [5.74, 6) is 0.139. The first-order chi connectivity index (χ1) is 11.2. The molecule has 0 N–H and O–H groups in total. The highest BCUT2D eigenvalue weighted by Crippen LogP contribution is 2.32. The van der Waals surface area contributed by atoms with Crippen molar-refractivity contribution in [3.8, 4) is 0 Å². The standard InChI is InChI=1S/C16H24N2O5/c1-3-5-10-21-15(19)18(16(20)22-11-6-4-2)14-12-8-7-9-13(12)17-23-14/h3-11H2,1-2H3. The number of aromatic nitrogens is 1. The number of ether oxygens (including phenoxy) is 2. The molecule has 0 fully saturated rings. The van der Waals surface area contributed by atoms with Gasteiger partial charge in [-0.05, 0) is 32.1 Å². The predicted octanol–water partition coefficient (Wildman–Crippen LogP) is 3.84. The van der Waals surface area contributed by atoms with Crippen LogP contribution >= 0.6 is 0 Å². The number of carbonyl (C=O) groups is 2. The van der Waals surface area contributed by atoms with Crippen LogP contribution in [0, 0.1) is 0 Å². The Bertz CT molecular complexity index is 519. The predicted molar refractivity (Wildman–Crippen MR) is 83.5 cm³/mol. The number of rotatable bonds is 7. The van der Waals surface area contributed by atoms with Gasteiger partial charge in [0.15, 0.2) is 0 Å². The number of hydrogen-bond acceptors (Lipinski definition) is 6. The molecular weight excluding hydrogens is 300 g/mol. The Hall–Kier alpha value is -2.05. The molecule has 0 radical (unpaired) electrons. The zero-order valence-corrected chi connectivity index (χ0v) is 13.8. The summed E-state index contributed by atoms with van der Waals surface area (Å²) in [7, 11) is 0. The molecule has 1 aliphatic carbocycles. The molecule has 0 saturated carbocycles. The van der Waals surface area contributed by atoms with Gasteiger partial charge in [-0.15, -0.1) is 4.90 Å². The van der Waals surface area contributed by atoms with Gasteiger partial charge in [0, 0.05) is 5.56 Å². The maximum atomic E-state index is 12.3. The van der Waals surface area contributed by atoms with Crippen molar-refractivity contribution in [3.63, 3.8) is 0 Å². The topological polar surface area (TPSA) is 81.9 Å². The van der Waals surface area contributed by atoms with Crippen molar-refractivity contribution in [2.75, 3.05) is 18.1 Å². The maximum Gasteiger partial charge on any atom is 0.426 e. The Kier molecular flexibility index (Phi) is 6.43. The SMILES string of the molecule is CCCCOC(=O)N(C(=O)OCCCC)c1onc2c1CCC2. The van der Waals surface area contributed by atoms with E-state index >= 15 is 0 Å². The van der Waals surface area contributed by atoms with Crippen LogP contribution in [0.25, 0.3) is 0 Å². The summed E-state index contributed by atoms with van der Waals surface area (Å²) in [5.41, 5.74) is 1.59. The summed E-state index contributed by atoms with van der Waals surface area (Å²) in [5, 5.41) is 3.94. The highest BCUT2D eigenvalue weighted by molar-refractivity contribution is 6.08. The van der Waals surface area contributed by atoms with E-state index in [0.717, 1.165) is 61.1 Å². The molecule has 128 valence electrons. The number of amides is 2. The molecule has 0 spiro atoms. The van der Waals surface area contributed by atoms with Crippen LogP contribution < -0.4 is 4.90 Å². The average molecular weight is 324 g/mol. The van der Waals surface area contributed by atoms with E-state index in [1.165, 1.54) is 0 Å². The maximum absolute atomic E-state index is 12.3. The average Bonchev–Trinajstić information content (AvgIpc) is 3.13. The number of aryl methyl sites for hydroxylation is 1. The molecule has 0 aromatic carbocycles. The fraction of sp³-hybridized carbons (Fsp3) is 0.688. The van der Waals surface area contributed by atoms with Crippen LogP contribution in [-0.4, -0.2) is 30.6 Å². The first-order valence-corrected chi connectivity index (χ1v) is 8.30. The third-order valence-corrected chi connectivity index (χ3v) is 3.70. The lowest BCUT2D eigenvalue weighted by Crippen LogP contribution is -2.38. The summed E-state index contributed by atoms with van der Waals surface area (Å²) in [6, 6.07) is 0. The van der Waals surface area contributed by atoms with Crippen molar-refractivity contribution in [2.45, 2.75) is 58.8 Å². The van der Waals surface area contributed by atoms with E-state index in [1.54, 1.807) is 0 Å². The van der Waals surface area contributed by atoms with Gasteiger partial charge < -0.3 is 14.0 Å². The van der Waals surface area contributed by atoms with E-state index in [9.17, 15) is 9.59 Å². The first kappa shape index (κ1) is 17.3.